The molecule has 0 aliphatic heterocycles. The van der Waals surface area contributed by atoms with Crippen molar-refractivity contribution in [1.82, 2.24) is 0 Å². The quantitative estimate of drug-likeness (QED) is 0.384. The van der Waals surface area contributed by atoms with Crippen molar-refractivity contribution in [3.63, 3.8) is 0 Å². The molecule has 0 unspecified atom stereocenters. The fraction of sp³-hybridized carbons (Fsp3) is 0.250. The lowest BCUT2D eigenvalue weighted by molar-refractivity contribution is -0.132. The number of carbonyl (C=O) groups excluding carboxylic acids is 1. The SMILES string of the molecule is C=C[SiH2]O[SiH2]OC(C)=O. The summed E-state index contributed by atoms with van der Waals surface area (Å²) >= 11 is 0. The Morgan fingerprint density at radius 3 is 2.89 bits per heavy atom. The summed E-state index contributed by atoms with van der Waals surface area (Å²) in [6, 6.07) is 0. The van der Waals surface area contributed by atoms with Crippen molar-refractivity contribution in [3.05, 3.63) is 12.3 Å². The second-order valence-electron chi connectivity index (χ2n) is 1.41. The van der Waals surface area contributed by atoms with Gasteiger partial charge in [-0.25, -0.2) is 0 Å². The molecule has 0 amide bonds. The lowest BCUT2D eigenvalue weighted by Gasteiger charge is -1.98. The van der Waals surface area contributed by atoms with Crippen LogP contribution in [0.25, 0.3) is 0 Å². The predicted molar refractivity (Wildman–Crippen MR) is 40.1 cm³/mol. The molecule has 0 aliphatic carbocycles. The summed E-state index contributed by atoms with van der Waals surface area (Å²) in [6.07, 6.45) is 0. The predicted octanol–water partition coefficient (Wildman–Crippen LogP) is -1.21. The maximum atomic E-state index is 10.1. The highest BCUT2D eigenvalue weighted by Crippen LogP contribution is 1.73. The summed E-state index contributed by atoms with van der Waals surface area (Å²) in [5.41, 5.74) is 1.76. The summed E-state index contributed by atoms with van der Waals surface area (Å²) in [6.45, 7) is 4.88. The molecule has 0 fully saturated rings. The third-order valence-corrected chi connectivity index (χ3v) is 2.95. The second kappa shape index (κ2) is 5.74. The molecule has 0 atom stereocenters. The Bertz CT molecular complexity index is 104. The van der Waals surface area contributed by atoms with Gasteiger partial charge in [0.05, 0.1) is 0 Å². The lowest BCUT2D eigenvalue weighted by atomic mass is 10.9. The van der Waals surface area contributed by atoms with Crippen molar-refractivity contribution in [2.24, 2.45) is 0 Å². The van der Waals surface area contributed by atoms with E-state index in [-0.39, 0.29) is 5.97 Å². The highest BCUT2D eigenvalue weighted by molar-refractivity contribution is 6.44. The third kappa shape index (κ3) is 7.60. The first-order valence-electron chi connectivity index (χ1n) is 2.59. The summed E-state index contributed by atoms with van der Waals surface area (Å²) < 4.78 is 9.62. The van der Waals surface area contributed by atoms with Crippen LogP contribution in [-0.4, -0.2) is 25.7 Å². The summed E-state index contributed by atoms with van der Waals surface area (Å²) in [4.78, 5) is 10.1. The summed E-state index contributed by atoms with van der Waals surface area (Å²) in [5, 5.41) is 0. The van der Waals surface area contributed by atoms with Gasteiger partial charge in [-0.2, -0.15) is 0 Å². The first-order chi connectivity index (χ1) is 4.27. The Labute approximate surface area is 59.1 Å². The molecule has 0 aromatic heterocycles. The molecule has 9 heavy (non-hydrogen) atoms. The van der Waals surface area contributed by atoms with Gasteiger partial charge in [-0.05, 0) is 0 Å². The zero-order chi connectivity index (χ0) is 7.11. The van der Waals surface area contributed by atoms with Gasteiger partial charge in [0.1, 0.15) is 0 Å². The van der Waals surface area contributed by atoms with E-state index in [1.54, 1.807) is 5.70 Å². The van der Waals surface area contributed by atoms with E-state index < -0.39 is 19.8 Å². The Balaban J connectivity index is 2.91. The van der Waals surface area contributed by atoms with Crippen molar-refractivity contribution in [2.45, 2.75) is 6.92 Å². The average Bonchev–Trinajstić information content (AvgIpc) is 1.80. The fourth-order valence-electron chi connectivity index (χ4n) is 0.256. The van der Waals surface area contributed by atoms with Gasteiger partial charge in [-0.15, -0.1) is 6.58 Å². The van der Waals surface area contributed by atoms with Crippen molar-refractivity contribution < 1.29 is 13.3 Å². The molecular formula is C4H10O3Si2. The first kappa shape index (κ1) is 8.60. The van der Waals surface area contributed by atoms with Gasteiger partial charge in [0.25, 0.3) is 5.97 Å². The van der Waals surface area contributed by atoms with Crippen LogP contribution in [0, 0.1) is 0 Å². The molecule has 0 aromatic carbocycles. The van der Waals surface area contributed by atoms with Crippen LogP contribution in [0.5, 0.6) is 0 Å². The Morgan fingerprint density at radius 2 is 2.44 bits per heavy atom. The van der Waals surface area contributed by atoms with Gasteiger partial charge in [0.15, 0.2) is 9.76 Å². The van der Waals surface area contributed by atoms with E-state index in [4.69, 9.17) is 4.12 Å². The number of rotatable bonds is 4. The van der Waals surface area contributed by atoms with E-state index in [2.05, 4.69) is 11.0 Å². The standard InChI is InChI=1S/C4H10O3Si2/c1-3-8-7-9-6-4(2)5/h3H,1,8-9H2,2H3. The van der Waals surface area contributed by atoms with Gasteiger partial charge in [-0.1, -0.05) is 5.70 Å². The van der Waals surface area contributed by atoms with Crippen LogP contribution in [-0.2, 0) is 13.3 Å². The molecule has 3 nitrogen and oxygen atoms in total. The van der Waals surface area contributed by atoms with Gasteiger partial charge < -0.3 is 8.54 Å². The minimum absolute atomic E-state index is 0.250. The third-order valence-electron chi connectivity index (χ3n) is 0.581. The molecule has 0 radical (unpaired) electrons. The summed E-state index contributed by atoms with van der Waals surface area (Å²) in [5.74, 6) is -0.250. The molecule has 52 valence electrons. The number of carbonyl (C=O) groups is 1. The molecule has 0 bridgehead atoms. The van der Waals surface area contributed by atoms with E-state index in [9.17, 15) is 4.79 Å². The highest BCUT2D eigenvalue weighted by Gasteiger charge is 1.90. The lowest BCUT2D eigenvalue weighted by Crippen LogP contribution is -2.09. The molecule has 0 saturated heterocycles. The normalized spacial score (nSPS) is 11.2. The Kier molecular flexibility index (Phi) is 5.48. The van der Waals surface area contributed by atoms with Crippen molar-refractivity contribution in [1.29, 1.82) is 0 Å². The monoisotopic (exact) mass is 162 g/mol. The first-order valence-corrected chi connectivity index (χ1v) is 5.14. The maximum absolute atomic E-state index is 10.1. The second-order valence-corrected chi connectivity index (χ2v) is 4.48. The average molecular weight is 162 g/mol. The topological polar surface area (TPSA) is 35.5 Å². The van der Waals surface area contributed by atoms with E-state index in [1.807, 2.05) is 0 Å². The van der Waals surface area contributed by atoms with Crippen molar-refractivity contribution in [2.75, 3.05) is 0 Å². The zero-order valence-corrected chi connectivity index (χ0v) is 8.25. The smallest absolute Gasteiger partial charge is 0.358 e. The molecule has 0 aromatic rings. The van der Waals surface area contributed by atoms with Gasteiger partial charge in [-0.3, -0.25) is 4.79 Å². The molecule has 0 aliphatic rings. The fourth-order valence-corrected chi connectivity index (χ4v) is 1.81. The Morgan fingerprint density at radius 1 is 1.78 bits per heavy atom. The van der Waals surface area contributed by atoms with Crippen LogP contribution in [0.3, 0.4) is 0 Å². The molecule has 0 heterocycles. The maximum Gasteiger partial charge on any atom is 0.358 e. The molecule has 5 heteroatoms. The van der Waals surface area contributed by atoms with Crippen LogP contribution < -0.4 is 0 Å². The van der Waals surface area contributed by atoms with Crippen LogP contribution in [0.2, 0.25) is 0 Å². The minimum Gasteiger partial charge on any atom is -0.500 e. The van der Waals surface area contributed by atoms with Crippen molar-refractivity contribution >= 4 is 25.7 Å². The Hall–Kier alpha value is -0.396. The molecule has 0 N–H and O–H groups in total. The molecule has 0 saturated carbocycles. The zero-order valence-electron chi connectivity index (χ0n) is 5.42. The van der Waals surface area contributed by atoms with Crippen LogP contribution in [0.1, 0.15) is 6.92 Å². The number of hydrogen-bond acceptors (Lipinski definition) is 3. The van der Waals surface area contributed by atoms with Crippen LogP contribution >= 0.6 is 0 Å². The molecule has 0 rings (SSSR count). The van der Waals surface area contributed by atoms with E-state index in [0.29, 0.717) is 0 Å². The van der Waals surface area contributed by atoms with E-state index in [1.165, 1.54) is 6.92 Å². The van der Waals surface area contributed by atoms with E-state index in [0.717, 1.165) is 0 Å². The molecular weight excluding hydrogens is 152 g/mol. The molecule has 0 spiro atoms. The van der Waals surface area contributed by atoms with Crippen LogP contribution in [0.4, 0.5) is 0 Å². The van der Waals surface area contributed by atoms with Gasteiger partial charge in [0.2, 0.25) is 0 Å². The van der Waals surface area contributed by atoms with Crippen molar-refractivity contribution in [3.8, 4) is 0 Å². The number of hydrogen-bond donors (Lipinski definition) is 0. The van der Waals surface area contributed by atoms with Gasteiger partial charge in [0, 0.05) is 6.92 Å². The minimum atomic E-state index is -1.01. The van der Waals surface area contributed by atoms with Gasteiger partial charge >= 0.3 is 10.0 Å². The summed E-state index contributed by atoms with van der Waals surface area (Å²) in [7, 11) is -1.58. The largest absolute Gasteiger partial charge is 0.500 e. The highest BCUT2D eigenvalue weighted by atomic mass is 28.3. The van der Waals surface area contributed by atoms with E-state index >= 15 is 0 Å². The van der Waals surface area contributed by atoms with Crippen LogP contribution in [0.15, 0.2) is 12.3 Å².